The molecule has 3 N–H and O–H groups in total. The molecule has 10 nitrogen and oxygen atoms in total. The number of amides is 1. The molecule has 0 aliphatic heterocycles. The number of hydrogen-bond acceptors (Lipinski definition) is 6. The molecule has 1 aromatic heterocycles. The summed E-state index contributed by atoms with van der Waals surface area (Å²) < 4.78 is 32.8. The highest BCUT2D eigenvalue weighted by Crippen LogP contribution is 2.10. The normalized spacial score (nSPS) is 11.4. The van der Waals surface area contributed by atoms with E-state index in [0.717, 1.165) is 4.31 Å². The number of ether oxygens (including phenoxy) is 1. The van der Waals surface area contributed by atoms with Crippen molar-refractivity contribution in [2.24, 2.45) is 5.73 Å². The number of carbonyl (C=O) groups excluding carboxylic acids is 2. The van der Waals surface area contributed by atoms with Gasteiger partial charge in [-0.25, -0.2) is 0 Å². The van der Waals surface area contributed by atoms with Crippen LogP contribution in [0.2, 0.25) is 0 Å². The fourth-order valence-corrected chi connectivity index (χ4v) is 2.25. The zero-order valence-corrected chi connectivity index (χ0v) is 12.5. The van der Waals surface area contributed by atoms with Gasteiger partial charge in [0, 0.05) is 19.8 Å². The minimum atomic E-state index is -3.83. The number of nitrogens with two attached hydrogens (primary N) is 1. The Morgan fingerprint density at radius 1 is 1.52 bits per heavy atom. The predicted octanol–water partition coefficient (Wildman–Crippen LogP) is -1.48. The number of aromatic nitrogens is 2. The van der Waals surface area contributed by atoms with Crippen LogP contribution in [0.15, 0.2) is 12.4 Å². The van der Waals surface area contributed by atoms with E-state index in [0.29, 0.717) is 0 Å². The zero-order chi connectivity index (χ0) is 16.0. The Kier molecular flexibility index (Phi) is 5.67. The van der Waals surface area contributed by atoms with Gasteiger partial charge in [-0.1, -0.05) is 0 Å². The maximum absolute atomic E-state index is 12.0. The van der Waals surface area contributed by atoms with E-state index in [9.17, 15) is 18.0 Å². The van der Waals surface area contributed by atoms with Crippen molar-refractivity contribution in [1.29, 1.82) is 0 Å². The van der Waals surface area contributed by atoms with Gasteiger partial charge in [-0.3, -0.25) is 19.0 Å². The van der Waals surface area contributed by atoms with Crippen LogP contribution in [0, 0.1) is 0 Å². The lowest BCUT2D eigenvalue weighted by atomic mass is 10.4. The molecule has 1 amide bonds. The minimum Gasteiger partial charge on any atom is -0.469 e. The molecule has 0 aliphatic rings. The second-order valence-corrected chi connectivity index (χ2v) is 5.93. The number of rotatable bonds is 8. The Hall–Kier alpha value is -2.14. The third-order valence-corrected chi connectivity index (χ3v) is 3.96. The van der Waals surface area contributed by atoms with Gasteiger partial charge in [0.15, 0.2) is 0 Å². The van der Waals surface area contributed by atoms with E-state index in [1.165, 1.54) is 31.2 Å². The molecule has 11 heteroatoms. The van der Waals surface area contributed by atoms with Crippen LogP contribution < -0.4 is 10.5 Å². The second kappa shape index (κ2) is 7.04. The molecule has 1 rings (SSSR count). The first-order valence-electron chi connectivity index (χ1n) is 5.86. The molecular weight excluding hydrogens is 302 g/mol. The first-order chi connectivity index (χ1) is 9.74. The minimum absolute atomic E-state index is 0.0303. The smallest absolute Gasteiger partial charge is 0.306 e. The maximum Gasteiger partial charge on any atom is 0.306 e. The molecule has 0 atom stereocenters. The fraction of sp³-hybridized carbons (Fsp3) is 0.500. The molecule has 21 heavy (non-hydrogen) atoms. The Morgan fingerprint density at radius 3 is 2.76 bits per heavy atom. The summed E-state index contributed by atoms with van der Waals surface area (Å²) in [4.78, 5) is 21.7. The predicted molar refractivity (Wildman–Crippen MR) is 73.2 cm³/mol. The van der Waals surface area contributed by atoms with Crippen molar-refractivity contribution in [2.45, 2.75) is 13.0 Å². The van der Waals surface area contributed by atoms with E-state index in [1.54, 1.807) is 0 Å². The number of nitrogens with zero attached hydrogens (tertiary/aromatic N) is 3. The van der Waals surface area contributed by atoms with Crippen molar-refractivity contribution >= 4 is 27.8 Å². The Morgan fingerprint density at radius 2 is 2.19 bits per heavy atom. The zero-order valence-electron chi connectivity index (χ0n) is 11.6. The molecule has 0 saturated carbocycles. The highest BCUT2D eigenvalue weighted by molar-refractivity contribution is 7.90. The molecule has 0 unspecified atom stereocenters. The number of anilines is 1. The van der Waals surface area contributed by atoms with E-state index >= 15 is 0 Å². The van der Waals surface area contributed by atoms with Crippen LogP contribution in [0.1, 0.15) is 6.42 Å². The summed E-state index contributed by atoms with van der Waals surface area (Å²) in [5.41, 5.74) is 5.18. The highest BCUT2D eigenvalue weighted by atomic mass is 32.2. The van der Waals surface area contributed by atoms with Gasteiger partial charge in [0.1, 0.15) is 6.54 Å². The molecule has 1 heterocycles. The Labute approximate surface area is 122 Å². The summed E-state index contributed by atoms with van der Waals surface area (Å²) in [6, 6.07) is 0. The maximum atomic E-state index is 12.0. The van der Waals surface area contributed by atoms with Crippen LogP contribution in [0.4, 0.5) is 5.69 Å². The first kappa shape index (κ1) is 16.9. The van der Waals surface area contributed by atoms with Crippen molar-refractivity contribution in [1.82, 2.24) is 14.1 Å². The van der Waals surface area contributed by atoms with Crippen molar-refractivity contribution in [3.63, 3.8) is 0 Å². The van der Waals surface area contributed by atoms with Crippen molar-refractivity contribution in [2.75, 3.05) is 25.4 Å². The van der Waals surface area contributed by atoms with E-state index in [4.69, 9.17) is 5.73 Å². The lowest BCUT2D eigenvalue weighted by molar-refractivity contribution is -0.140. The van der Waals surface area contributed by atoms with E-state index < -0.39 is 22.1 Å². The van der Waals surface area contributed by atoms with Gasteiger partial charge in [0.25, 0.3) is 0 Å². The van der Waals surface area contributed by atoms with Crippen molar-refractivity contribution in [3.05, 3.63) is 12.4 Å². The molecule has 0 radical (unpaired) electrons. The number of carbonyl (C=O) groups is 2. The lowest BCUT2D eigenvalue weighted by Gasteiger charge is -2.16. The molecular formula is C10H17N5O5S. The summed E-state index contributed by atoms with van der Waals surface area (Å²) >= 11 is 0. The first-order valence-corrected chi connectivity index (χ1v) is 7.30. The molecule has 0 aromatic carbocycles. The van der Waals surface area contributed by atoms with Crippen molar-refractivity contribution < 1.29 is 22.7 Å². The molecule has 0 bridgehead atoms. The average Bonchev–Trinajstić information content (AvgIpc) is 2.80. The van der Waals surface area contributed by atoms with Crippen molar-refractivity contribution in [3.8, 4) is 0 Å². The number of hydrogen-bond donors (Lipinski definition) is 2. The summed E-state index contributed by atoms with van der Waals surface area (Å²) in [7, 11) is -1.28. The van der Waals surface area contributed by atoms with Crippen LogP contribution in [0.3, 0.4) is 0 Å². The highest BCUT2D eigenvalue weighted by Gasteiger charge is 2.19. The van der Waals surface area contributed by atoms with Crippen LogP contribution in [-0.2, 0) is 31.1 Å². The number of methoxy groups -OCH3 is 1. The average molecular weight is 319 g/mol. The van der Waals surface area contributed by atoms with Gasteiger partial charge in [-0.05, 0) is 0 Å². The number of primary amides is 1. The third-order valence-electron chi connectivity index (χ3n) is 2.47. The molecule has 0 spiro atoms. The Balaban J connectivity index is 2.64. The largest absolute Gasteiger partial charge is 0.469 e. The van der Waals surface area contributed by atoms with Gasteiger partial charge in [-0.15, -0.1) is 0 Å². The lowest BCUT2D eigenvalue weighted by Crippen LogP contribution is -2.34. The summed E-state index contributed by atoms with van der Waals surface area (Å²) in [5.74, 6) is -1.10. The van der Waals surface area contributed by atoms with Crippen LogP contribution in [-0.4, -0.2) is 55.1 Å². The summed E-state index contributed by atoms with van der Waals surface area (Å²) in [6.45, 7) is -0.183. The monoisotopic (exact) mass is 319 g/mol. The number of nitrogens with one attached hydrogen (secondary N) is 1. The molecule has 1 aromatic rings. The van der Waals surface area contributed by atoms with Gasteiger partial charge >= 0.3 is 16.2 Å². The summed E-state index contributed by atoms with van der Waals surface area (Å²) in [6.07, 6.45) is 2.51. The SMILES string of the molecule is COC(=O)CCN(C)S(=O)(=O)Nc1cnn(CC(N)=O)c1. The third kappa shape index (κ3) is 5.39. The molecule has 0 saturated heterocycles. The van der Waals surface area contributed by atoms with Gasteiger partial charge in [0.2, 0.25) is 5.91 Å². The molecule has 0 fully saturated rings. The van der Waals surface area contributed by atoms with Gasteiger partial charge in [0.05, 0.1) is 25.4 Å². The fourth-order valence-electron chi connectivity index (χ4n) is 1.36. The van der Waals surface area contributed by atoms with Gasteiger partial charge in [-0.2, -0.15) is 17.8 Å². The van der Waals surface area contributed by atoms with E-state index in [1.807, 2.05) is 0 Å². The molecule has 0 aliphatic carbocycles. The summed E-state index contributed by atoms with van der Waals surface area (Å²) in [5, 5.41) is 3.78. The van der Waals surface area contributed by atoms with E-state index in [-0.39, 0.29) is 25.2 Å². The van der Waals surface area contributed by atoms with Crippen LogP contribution >= 0.6 is 0 Å². The quantitative estimate of drug-likeness (QED) is 0.561. The van der Waals surface area contributed by atoms with Gasteiger partial charge < -0.3 is 10.5 Å². The number of esters is 1. The van der Waals surface area contributed by atoms with Crippen LogP contribution in [0.25, 0.3) is 0 Å². The van der Waals surface area contributed by atoms with E-state index in [2.05, 4.69) is 14.6 Å². The van der Waals surface area contributed by atoms with Crippen LogP contribution in [0.5, 0.6) is 0 Å². The second-order valence-electron chi connectivity index (χ2n) is 4.15. The Bertz CT molecular complexity index is 611. The standard InChI is InChI=1S/C10H17N5O5S/c1-14(4-3-10(17)20-2)21(18,19)13-8-5-12-15(6-8)7-9(11)16/h5-6,13H,3-4,7H2,1-2H3,(H2,11,16). The molecule has 118 valence electrons. The topological polar surface area (TPSA) is 137 Å².